The number of nitrogens with one attached hydrogen (secondary N) is 1. The van der Waals surface area contributed by atoms with Crippen molar-refractivity contribution < 1.29 is 0 Å². The van der Waals surface area contributed by atoms with Crippen molar-refractivity contribution in [2.45, 2.75) is 32.7 Å². The summed E-state index contributed by atoms with van der Waals surface area (Å²) in [6.45, 7) is 9.17. The van der Waals surface area contributed by atoms with Crippen LogP contribution in [0.25, 0.3) is 11.1 Å². The van der Waals surface area contributed by atoms with Gasteiger partial charge in [0, 0.05) is 32.2 Å². The lowest BCUT2D eigenvalue weighted by Gasteiger charge is -2.36. The van der Waals surface area contributed by atoms with Crippen molar-refractivity contribution in [2.75, 3.05) is 26.2 Å². The lowest BCUT2D eigenvalue weighted by Crippen LogP contribution is -2.45. The van der Waals surface area contributed by atoms with Gasteiger partial charge in [-0.05, 0) is 41.5 Å². The number of hydrogen-bond donors (Lipinski definition) is 1. The largest absolute Gasteiger partial charge is 0.314 e. The van der Waals surface area contributed by atoms with Crippen molar-refractivity contribution in [2.24, 2.45) is 5.92 Å². The van der Waals surface area contributed by atoms with Crippen molar-refractivity contribution in [3.63, 3.8) is 0 Å². The van der Waals surface area contributed by atoms with Crippen LogP contribution in [0, 0.1) is 5.92 Å². The Morgan fingerprint density at radius 1 is 0.875 bits per heavy atom. The smallest absolute Gasteiger partial charge is 0.0349 e. The Morgan fingerprint density at radius 2 is 1.58 bits per heavy atom. The van der Waals surface area contributed by atoms with Crippen molar-refractivity contribution in [3.8, 4) is 11.1 Å². The minimum atomic E-state index is 0.540. The Kier molecular flexibility index (Phi) is 6.06. The highest BCUT2D eigenvalue weighted by Gasteiger charge is 2.22. The number of benzene rings is 2. The summed E-state index contributed by atoms with van der Waals surface area (Å²) in [6.07, 6.45) is 2.53. The molecule has 1 heterocycles. The molecule has 128 valence electrons. The third kappa shape index (κ3) is 4.46. The summed E-state index contributed by atoms with van der Waals surface area (Å²) in [7, 11) is 0. The highest BCUT2D eigenvalue weighted by atomic mass is 15.2. The van der Waals surface area contributed by atoms with Crippen LogP contribution in [-0.2, 0) is 0 Å². The lowest BCUT2D eigenvalue weighted by atomic mass is 9.93. The quantitative estimate of drug-likeness (QED) is 0.826. The molecule has 0 radical (unpaired) electrons. The standard InChI is InChI=1S/C22H30N2/c1-18(2)11-12-22(24-15-13-23-14-16-24)21-10-6-9-20(17-21)19-7-4-3-5-8-19/h3-10,17-18,22-23H,11-16H2,1-2H3/t22-/m0/s1. The Morgan fingerprint density at radius 3 is 2.29 bits per heavy atom. The molecular weight excluding hydrogens is 292 g/mol. The molecule has 1 fully saturated rings. The van der Waals surface area contributed by atoms with E-state index >= 15 is 0 Å². The molecule has 1 N–H and O–H groups in total. The number of piperazine rings is 1. The van der Waals surface area contributed by atoms with E-state index in [1.807, 2.05) is 0 Å². The fourth-order valence-electron chi connectivity index (χ4n) is 3.60. The molecule has 2 nitrogen and oxygen atoms in total. The van der Waals surface area contributed by atoms with E-state index in [0.29, 0.717) is 6.04 Å². The SMILES string of the molecule is CC(C)CC[C@@H](c1cccc(-c2ccccc2)c1)N1CCNCC1. The van der Waals surface area contributed by atoms with Crippen molar-refractivity contribution >= 4 is 0 Å². The Labute approximate surface area is 146 Å². The third-order valence-electron chi connectivity index (χ3n) is 4.99. The van der Waals surface area contributed by atoms with E-state index in [9.17, 15) is 0 Å². The summed E-state index contributed by atoms with van der Waals surface area (Å²) < 4.78 is 0. The molecule has 3 rings (SSSR count). The van der Waals surface area contributed by atoms with E-state index in [2.05, 4.69) is 78.7 Å². The van der Waals surface area contributed by atoms with Crippen molar-refractivity contribution in [3.05, 3.63) is 60.2 Å². The second-order valence-electron chi connectivity index (χ2n) is 7.26. The first kappa shape index (κ1) is 17.2. The predicted octanol–water partition coefficient (Wildman–Crippen LogP) is 4.74. The fourth-order valence-corrected chi connectivity index (χ4v) is 3.60. The molecule has 0 amide bonds. The lowest BCUT2D eigenvalue weighted by molar-refractivity contribution is 0.160. The van der Waals surface area contributed by atoms with E-state index in [-0.39, 0.29) is 0 Å². The van der Waals surface area contributed by atoms with Crippen LogP contribution in [0.2, 0.25) is 0 Å². The maximum atomic E-state index is 3.48. The van der Waals surface area contributed by atoms with Crippen LogP contribution in [0.15, 0.2) is 54.6 Å². The number of rotatable bonds is 6. The summed E-state index contributed by atoms with van der Waals surface area (Å²) in [4.78, 5) is 2.67. The highest BCUT2D eigenvalue weighted by Crippen LogP contribution is 2.30. The first-order chi connectivity index (χ1) is 11.7. The fraction of sp³-hybridized carbons (Fsp3) is 0.455. The van der Waals surface area contributed by atoms with Crippen LogP contribution in [-0.4, -0.2) is 31.1 Å². The Bertz CT molecular complexity index is 615. The van der Waals surface area contributed by atoms with Gasteiger partial charge in [0.15, 0.2) is 0 Å². The summed E-state index contributed by atoms with van der Waals surface area (Å²) >= 11 is 0. The molecule has 2 aromatic carbocycles. The third-order valence-corrected chi connectivity index (χ3v) is 4.99. The normalized spacial score (nSPS) is 17.1. The molecule has 0 spiro atoms. The van der Waals surface area contributed by atoms with E-state index in [4.69, 9.17) is 0 Å². The first-order valence-corrected chi connectivity index (χ1v) is 9.34. The van der Waals surface area contributed by atoms with Gasteiger partial charge in [-0.3, -0.25) is 4.90 Å². The van der Waals surface area contributed by atoms with Gasteiger partial charge in [-0.2, -0.15) is 0 Å². The van der Waals surface area contributed by atoms with Crippen LogP contribution in [0.3, 0.4) is 0 Å². The molecule has 1 aliphatic heterocycles. The average Bonchev–Trinajstić information content (AvgIpc) is 2.64. The van der Waals surface area contributed by atoms with Gasteiger partial charge in [0.1, 0.15) is 0 Å². The van der Waals surface area contributed by atoms with E-state index < -0.39 is 0 Å². The van der Waals surface area contributed by atoms with Crippen LogP contribution >= 0.6 is 0 Å². The van der Waals surface area contributed by atoms with Gasteiger partial charge >= 0.3 is 0 Å². The summed E-state index contributed by atoms with van der Waals surface area (Å²) in [5, 5.41) is 3.48. The van der Waals surface area contributed by atoms with Crippen LogP contribution in [0.5, 0.6) is 0 Å². The van der Waals surface area contributed by atoms with Gasteiger partial charge < -0.3 is 5.32 Å². The zero-order valence-electron chi connectivity index (χ0n) is 15.0. The molecule has 1 saturated heterocycles. The Hall–Kier alpha value is -1.64. The summed E-state index contributed by atoms with van der Waals surface area (Å²) in [6, 6.07) is 20.4. The molecular formula is C22H30N2. The predicted molar refractivity (Wildman–Crippen MR) is 103 cm³/mol. The second kappa shape index (κ2) is 8.46. The number of hydrogen-bond acceptors (Lipinski definition) is 2. The molecule has 0 aliphatic carbocycles. The van der Waals surface area contributed by atoms with Gasteiger partial charge in [-0.15, -0.1) is 0 Å². The topological polar surface area (TPSA) is 15.3 Å². The van der Waals surface area contributed by atoms with Gasteiger partial charge in [-0.25, -0.2) is 0 Å². The second-order valence-corrected chi connectivity index (χ2v) is 7.26. The van der Waals surface area contributed by atoms with Crippen molar-refractivity contribution in [1.29, 1.82) is 0 Å². The Balaban J connectivity index is 1.86. The van der Waals surface area contributed by atoms with Gasteiger partial charge in [0.05, 0.1) is 0 Å². The van der Waals surface area contributed by atoms with Gasteiger partial charge in [0.2, 0.25) is 0 Å². The summed E-state index contributed by atoms with van der Waals surface area (Å²) in [5.74, 6) is 0.757. The van der Waals surface area contributed by atoms with E-state index in [0.717, 1.165) is 32.1 Å². The molecule has 1 aliphatic rings. The molecule has 2 aromatic rings. The highest BCUT2D eigenvalue weighted by molar-refractivity contribution is 5.64. The molecule has 0 bridgehead atoms. The minimum absolute atomic E-state index is 0.540. The monoisotopic (exact) mass is 322 g/mol. The minimum Gasteiger partial charge on any atom is -0.314 e. The average molecular weight is 322 g/mol. The van der Waals surface area contributed by atoms with Crippen molar-refractivity contribution in [1.82, 2.24) is 10.2 Å². The maximum Gasteiger partial charge on any atom is 0.0349 e. The molecule has 24 heavy (non-hydrogen) atoms. The molecule has 0 aromatic heterocycles. The first-order valence-electron chi connectivity index (χ1n) is 9.34. The molecule has 2 heteroatoms. The molecule has 0 unspecified atom stereocenters. The van der Waals surface area contributed by atoms with Gasteiger partial charge in [-0.1, -0.05) is 62.4 Å². The maximum absolute atomic E-state index is 3.48. The molecule has 0 saturated carbocycles. The zero-order chi connectivity index (χ0) is 16.8. The van der Waals surface area contributed by atoms with Crippen LogP contribution < -0.4 is 5.32 Å². The summed E-state index contributed by atoms with van der Waals surface area (Å²) in [5.41, 5.74) is 4.11. The zero-order valence-corrected chi connectivity index (χ0v) is 15.0. The van der Waals surface area contributed by atoms with Crippen LogP contribution in [0.4, 0.5) is 0 Å². The van der Waals surface area contributed by atoms with Crippen LogP contribution in [0.1, 0.15) is 38.3 Å². The van der Waals surface area contributed by atoms with Gasteiger partial charge in [0.25, 0.3) is 0 Å². The van der Waals surface area contributed by atoms with E-state index in [1.165, 1.54) is 29.5 Å². The van der Waals surface area contributed by atoms with E-state index in [1.54, 1.807) is 0 Å². The molecule has 1 atom stereocenters. The number of nitrogens with zero attached hydrogens (tertiary/aromatic N) is 1.